The van der Waals surface area contributed by atoms with Gasteiger partial charge in [0.1, 0.15) is 0 Å². The largest absolute Gasteiger partial charge is 0.348 e. The SMILES string of the molecule is Cc1cc(C(=O)N[C@@H]2CCCN(C)C2)ccc1NC(=O)CC(C)C. The Morgan fingerprint density at radius 2 is 2.08 bits per heavy atom. The molecule has 1 aliphatic rings. The fraction of sp³-hybridized carbons (Fsp3) is 0.579. The van der Waals surface area contributed by atoms with Crippen LogP contribution in [0.5, 0.6) is 0 Å². The van der Waals surface area contributed by atoms with E-state index in [1.807, 2.05) is 32.9 Å². The summed E-state index contributed by atoms with van der Waals surface area (Å²) in [5, 5.41) is 6.03. The van der Waals surface area contributed by atoms with Crippen LogP contribution in [0.4, 0.5) is 5.69 Å². The van der Waals surface area contributed by atoms with Crippen molar-refractivity contribution in [3.63, 3.8) is 0 Å². The maximum atomic E-state index is 12.4. The molecule has 1 atom stereocenters. The first-order valence-electron chi connectivity index (χ1n) is 8.75. The van der Waals surface area contributed by atoms with Crippen LogP contribution >= 0.6 is 0 Å². The predicted molar refractivity (Wildman–Crippen MR) is 97.2 cm³/mol. The Morgan fingerprint density at radius 1 is 1.33 bits per heavy atom. The van der Waals surface area contributed by atoms with Gasteiger partial charge < -0.3 is 15.5 Å². The molecule has 24 heavy (non-hydrogen) atoms. The third-order valence-corrected chi connectivity index (χ3v) is 4.32. The monoisotopic (exact) mass is 331 g/mol. The lowest BCUT2D eigenvalue weighted by Crippen LogP contribution is -2.46. The van der Waals surface area contributed by atoms with Crippen LogP contribution in [0, 0.1) is 12.8 Å². The molecule has 1 aromatic carbocycles. The Balaban J connectivity index is 1.97. The van der Waals surface area contributed by atoms with Crippen molar-refractivity contribution in [1.82, 2.24) is 10.2 Å². The number of rotatable bonds is 5. The lowest BCUT2D eigenvalue weighted by atomic mass is 10.0. The standard InChI is InChI=1S/C19H29N3O2/c1-13(2)10-18(23)21-17-8-7-15(11-14(17)3)19(24)20-16-6-5-9-22(4)12-16/h7-8,11,13,16H,5-6,9-10,12H2,1-4H3,(H,20,24)(H,21,23)/t16-/m1/s1. The number of aryl methyl sites for hydroxylation is 1. The van der Waals surface area contributed by atoms with Crippen LogP contribution in [0.25, 0.3) is 0 Å². The van der Waals surface area contributed by atoms with Gasteiger partial charge in [0.2, 0.25) is 5.91 Å². The summed E-state index contributed by atoms with van der Waals surface area (Å²) >= 11 is 0. The molecule has 5 nitrogen and oxygen atoms in total. The zero-order chi connectivity index (χ0) is 17.7. The van der Waals surface area contributed by atoms with Crippen molar-refractivity contribution >= 4 is 17.5 Å². The molecule has 1 aliphatic heterocycles. The van der Waals surface area contributed by atoms with Crippen molar-refractivity contribution in [2.45, 2.75) is 46.1 Å². The highest BCUT2D eigenvalue weighted by atomic mass is 16.2. The van der Waals surface area contributed by atoms with E-state index in [9.17, 15) is 9.59 Å². The Bertz CT molecular complexity index is 598. The topological polar surface area (TPSA) is 61.4 Å². The summed E-state index contributed by atoms with van der Waals surface area (Å²) in [6.45, 7) is 7.94. The van der Waals surface area contributed by atoms with Crippen LogP contribution in [0.3, 0.4) is 0 Å². The van der Waals surface area contributed by atoms with Crippen molar-refractivity contribution in [3.8, 4) is 0 Å². The summed E-state index contributed by atoms with van der Waals surface area (Å²) < 4.78 is 0. The van der Waals surface area contributed by atoms with Crippen LogP contribution in [-0.2, 0) is 4.79 Å². The number of likely N-dealkylation sites (tertiary alicyclic amines) is 1. The second-order valence-corrected chi connectivity index (χ2v) is 7.25. The van der Waals surface area contributed by atoms with Crippen LogP contribution in [0.15, 0.2) is 18.2 Å². The Kier molecular flexibility index (Phi) is 6.37. The van der Waals surface area contributed by atoms with Crippen molar-refractivity contribution in [3.05, 3.63) is 29.3 Å². The van der Waals surface area contributed by atoms with Gasteiger partial charge in [-0.3, -0.25) is 9.59 Å². The summed E-state index contributed by atoms with van der Waals surface area (Å²) in [4.78, 5) is 26.6. The van der Waals surface area contributed by atoms with E-state index in [-0.39, 0.29) is 17.9 Å². The van der Waals surface area contributed by atoms with Crippen LogP contribution in [-0.4, -0.2) is 42.9 Å². The van der Waals surface area contributed by atoms with E-state index < -0.39 is 0 Å². The molecule has 2 N–H and O–H groups in total. The first-order valence-corrected chi connectivity index (χ1v) is 8.75. The molecule has 2 amide bonds. The summed E-state index contributed by atoms with van der Waals surface area (Å²) in [7, 11) is 2.08. The van der Waals surface area contributed by atoms with Crippen molar-refractivity contribution < 1.29 is 9.59 Å². The zero-order valence-electron chi connectivity index (χ0n) is 15.2. The maximum Gasteiger partial charge on any atom is 0.251 e. The minimum absolute atomic E-state index is 0.00976. The van der Waals surface area contributed by atoms with E-state index in [1.165, 1.54) is 0 Å². The third-order valence-electron chi connectivity index (χ3n) is 4.32. The number of piperidine rings is 1. The van der Waals surface area contributed by atoms with Crippen molar-refractivity contribution in [2.75, 3.05) is 25.5 Å². The van der Waals surface area contributed by atoms with Gasteiger partial charge in [-0.1, -0.05) is 13.8 Å². The summed E-state index contributed by atoms with van der Waals surface area (Å²) in [6, 6.07) is 5.64. The molecule has 0 bridgehead atoms. The molecule has 1 aromatic rings. The van der Waals surface area contributed by atoms with Gasteiger partial charge in [-0.25, -0.2) is 0 Å². The number of hydrogen-bond acceptors (Lipinski definition) is 3. The quantitative estimate of drug-likeness (QED) is 0.872. The van der Waals surface area contributed by atoms with E-state index in [2.05, 4.69) is 22.6 Å². The van der Waals surface area contributed by atoms with Crippen molar-refractivity contribution in [1.29, 1.82) is 0 Å². The van der Waals surface area contributed by atoms with Crippen LogP contribution in [0.1, 0.15) is 49.0 Å². The van der Waals surface area contributed by atoms with E-state index >= 15 is 0 Å². The molecule has 0 aliphatic carbocycles. The van der Waals surface area contributed by atoms with Crippen LogP contribution in [0.2, 0.25) is 0 Å². The van der Waals surface area contributed by atoms with Gasteiger partial charge in [0.05, 0.1) is 0 Å². The number of benzene rings is 1. The van der Waals surface area contributed by atoms with Gasteiger partial charge in [0.25, 0.3) is 5.91 Å². The lowest BCUT2D eigenvalue weighted by Gasteiger charge is -2.30. The number of amides is 2. The molecule has 0 saturated carbocycles. The molecular weight excluding hydrogens is 302 g/mol. The number of hydrogen-bond donors (Lipinski definition) is 2. The molecule has 0 unspecified atom stereocenters. The normalized spacial score (nSPS) is 18.5. The molecule has 0 spiro atoms. The average Bonchev–Trinajstić information content (AvgIpc) is 2.48. The Hall–Kier alpha value is -1.88. The second-order valence-electron chi connectivity index (χ2n) is 7.25. The number of anilines is 1. The first-order chi connectivity index (χ1) is 11.3. The number of nitrogens with zero attached hydrogens (tertiary/aromatic N) is 1. The summed E-state index contributed by atoms with van der Waals surface area (Å²) in [6.07, 6.45) is 2.64. The Labute approximate surface area is 144 Å². The molecule has 132 valence electrons. The molecule has 1 heterocycles. The van der Waals surface area contributed by atoms with E-state index in [1.54, 1.807) is 6.07 Å². The maximum absolute atomic E-state index is 12.4. The predicted octanol–water partition coefficient (Wildman–Crippen LogP) is 2.80. The van der Waals surface area contributed by atoms with Gasteiger partial charge in [-0.05, 0) is 63.0 Å². The first kappa shape index (κ1) is 18.5. The van der Waals surface area contributed by atoms with Gasteiger partial charge in [0, 0.05) is 30.3 Å². The van der Waals surface area contributed by atoms with Gasteiger partial charge in [-0.15, -0.1) is 0 Å². The molecule has 1 fully saturated rings. The number of nitrogens with one attached hydrogen (secondary N) is 2. The Morgan fingerprint density at radius 3 is 2.71 bits per heavy atom. The minimum atomic E-state index is -0.0431. The summed E-state index contributed by atoms with van der Waals surface area (Å²) in [5.74, 6) is 0.290. The van der Waals surface area contributed by atoms with Crippen molar-refractivity contribution in [2.24, 2.45) is 5.92 Å². The van der Waals surface area contributed by atoms with E-state index in [0.29, 0.717) is 17.9 Å². The van der Waals surface area contributed by atoms with Crippen LogP contribution < -0.4 is 10.6 Å². The van der Waals surface area contributed by atoms with Gasteiger partial charge >= 0.3 is 0 Å². The molecular formula is C19H29N3O2. The van der Waals surface area contributed by atoms with E-state index in [0.717, 1.165) is 37.2 Å². The number of carbonyl (C=O) groups is 2. The van der Waals surface area contributed by atoms with Gasteiger partial charge in [-0.2, -0.15) is 0 Å². The second kappa shape index (κ2) is 8.29. The fourth-order valence-corrected chi connectivity index (χ4v) is 3.07. The molecule has 5 heteroatoms. The highest BCUT2D eigenvalue weighted by Crippen LogP contribution is 2.18. The average molecular weight is 331 g/mol. The summed E-state index contributed by atoms with van der Waals surface area (Å²) in [5.41, 5.74) is 2.32. The molecule has 0 aromatic heterocycles. The highest BCUT2D eigenvalue weighted by Gasteiger charge is 2.20. The smallest absolute Gasteiger partial charge is 0.251 e. The number of likely N-dealkylation sites (N-methyl/N-ethyl adjacent to an activating group) is 1. The highest BCUT2D eigenvalue weighted by molar-refractivity contribution is 5.96. The fourth-order valence-electron chi connectivity index (χ4n) is 3.07. The number of carbonyl (C=O) groups excluding carboxylic acids is 2. The molecule has 2 rings (SSSR count). The molecule has 0 radical (unpaired) electrons. The zero-order valence-corrected chi connectivity index (χ0v) is 15.2. The third kappa shape index (κ3) is 5.34. The van der Waals surface area contributed by atoms with E-state index in [4.69, 9.17) is 0 Å². The molecule has 1 saturated heterocycles. The minimum Gasteiger partial charge on any atom is -0.348 e. The van der Waals surface area contributed by atoms with Gasteiger partial charge in [0.15, 0.2) is 0 Å². The lowest BCUT2D eigenvalue weighted by molar-refractivity contribution is -0.116.